The maximum absolute atomic E-state index is 13.5. The van der Waals surface area contributed by atoms with Crippen LogP contribution in [0.3, 0.4) is 0 Å². The first-order valence-corrected chi connectivity index (χ1v) is 13.4. The molecular formula is C33H27FN6. The summed E-state index contributed by atoms with van der Waals surface area (Å²) >= 11 is 0. The van der Waals surface area contributed by atoms with Crippen LogP contribution in [0.1, 0.15) is 34.5 Å². The molecule has 0 radical (unpaired) electrons. The Bertz CT molecular complexity index is 1830. The van der Waals surface area contributed by atoms with Crippen LogP contribution >= 0.6 is 0 Å². The van der Waals surface area contributed by atoms with Crippen molar-refractivity contribution >= 4 is 16.5 Å². The maximum Gasteiger partial charge on any atom is 0.159 e. The van der Waals surface area contributed by atoms with Crippen LogP contribution in [0.25, 0.3) is 39.1 Å². The second kappa shape index (κ2) is 10.4. The van der Waals surface area contributed by atoms with Crippen molar-refractivity contribution in [2.75, 3.05) is 0 Å². The number of rotatable bonds is 7. The Kier molecular flexibility index (Phi) is 6.26. The lowest BCUT2D eigenvalue weighted by Gasteiger charge is -2.12. The Labute approximate surface area is 231 Å². The Morgan fingerprint density at radius 1 is 0.800 bits per heavy atom. The minimum atomic E-state index is -0.244. The number of H-pyrrole nitrogens is 2. The molecule has 1 aliphatic carbocycles. The van der Waals surface area contributed by atoms with Crippen molar-refractivity contribution in [2.45, 2.75) is 25.9 Å². The summed E-state index contributed by atoms with van der Waals surface area (Å²) in [4.78, 5) is 13.0. The fourth-order valence-corrected chi connectivity index (χ4v) is 5.33. The second-order valence-corrected chi connectivity index (χ2v) is 10.1. The second-order valence-electron chi connectivity index (χ2n) is 10.1. The van der Waals surface area contributed by atoms with E-state index in [1.165, 1.54) is 17.7 Å². The van der Waals surface area contributed by atoms with E-state index in [9.17, 15) is 4.39 Å². The molecular weight excluding hydrogens is 499 g/mol. The molecule has 0 atom stereocenters. The molecule has 3 heterocycles. The normalized spacial score (nSPS) is 12.9. The van der Waals surface area contributed by atoms with Crippen LogP contribution in [0.15, 0.2) is 97.3 Å². The summed E-state index contributed by atoms with van der Waals surface area (Å²) in [5.74, 6) is 0.478. The van der Waals surface area contributed by atoms with Crippen molar-refractivity contribution in [2.24, 2.45) is 0 Å². The van der Waals surface area contributed by atoms with Gasteiger partial charge < -0.3 is 10.3 Å². The van der Waals surface area contributed by atoms with Crippen LogP contribution in [-0.4, -0.2) is 25.1 Å². The third-order valence-corrected chi connectivity index (χ3v) is 7.35. The van der Waals surface area contributed by atoms with Crippen molar-refractivity contribution in [3.63, 3.8) is 0 Å². The lowest BCUT2D eigenvalue weighted by molar-refractivity contribution is 0.627. The van der Waals surface area contributed by atoms with Gasteiger partial charge in [0.05, 0.1) is 11.2 Å². The zero-order valence-electron chi connectivity index (χ0n) is 21.8. The van der Waals surface area contributed by atoms with E-state index in [0.717, 1.165) is 87.6 Å². The molecule has 3 aromatic carbocycles. The van der Waals surface area contributed by atoms with Gasteiger partial charge in [0.1, 0.15) is 11.5 Å². The van der Waals surface area contributed by atoms with Gasteiger partial charge in [-0.05, 0) is 65.4 Å². The number of nitrogens with one attached hydrogen (secondary N) is 3. The number of hydrogen-bond donors (Lipinski definition) is 3. The average molecular weight is 527 g/mol. The highest BCUT2D eigenvalue weighted by atomic mass is 19.1. The minimum absolute atomic E-state index is 0.244. The topological polar surface area (TPSA) is 82.3 Å². The first-order valence-electron chi connectivity index (χ1n) is 13.4. The summed E-state index contributed by atoms with van der Waals surface area (Å²) in [6.07, 6.45) is 7.75. The number of hydrogen-bond acceptors (Lipinski definition) is 4. The number of aromatic amines is 2. The van der Waals surface area contributed by atoms with Crippen LogP contribution in [-0.2, 0) is 19.5 Å². The molecule has 3 aromatic heterocycles. The third-order valence-electron chi connectivity index (χ3n) is 7.35. The number of nitrogens with zero attached hydrogens (tertiary/aromatic N) is 3. The van der Waals surface area contributed by atoms with Gasteiger partial charge in [0.25, 0.3) is 0 Å². The molecule has 0 amide bonds. The fourth-order valence-electron chi connectivity index (χ4n) is 5.33. The van der Waals surface area contributed by atoms with E-state index < -0.39 is 0 Å². The van der Waals surface area contributed by atoms with E-state index in [1.54, 1.807) is 12.1 Å². The number of benzene rings is 3. The third kappa shape index (κ3) is 4.72. The lowest BCUT2D eigenvalue weighted by atomic mass is 9.94. The summed E-state index contributed by atoms with van der Waals surface area (Å²) in [7, 11) is 0. The summed E-state index contributed by atoms with van der Waals surface area (Å²) in [5.41, 5.74) is 10.2. The van der Waals surface area contributed by atoms with E-state index in [0.29, 0.717) is 0 Å². The van der Waals surface area contributed by atoms with Crippen LogP contribution in [0.4, 0.5) is 4.39 Å². The van der Waals surface area contributed by atoms with Gasteiger partial charge >= 0.3 is 0 Å². The van der Waals surface area contributed by atoms with E-state index in [4.69, 9.17) is 4.98 Å². The molecule has 0 saturated heterocycles. The van der Waals surface area contributed by atoms with Crippen molar-refractivity contribution in [1.82, 2.24) is 30.5 Å². The number of imidazole rings is 1. The SMILES string of the molecule is Fc1ccc(C2=CCCc3[nH]c(-c4n[nH]c5ccc(-c6cncc(CNCc7ccccc7)c6)cc45)nc32)cc1. The predicted molar refractivity (Wildman–Crippen MR) is 156 cm³/mol. The molecule has 196 valence electrons. The van der Waals surface area contributed by atoms with Gasteiger partial charge in [-0.15, -0.1) is 0 Å². The van der Waals surface area contributed by atoms with Crippen molar-refractivity contribution in [3.8, 4) is 22.6 Å². The molecule has 3 N–H and O–H groups in total. The van der Waals surface area contributed by atoms with Crippen molar-refractivity contribution in [3.05, 3.63) is 131 Å². The van der Waals surface area contributed by atoms with Gasteiger partial charge in [0.2, 0.25) is 0 Å². The fraction of sp³-hybridized carbons (Fsp3) is 0.121. The average Bonchev–Trinajstić information content (AvgIpc) is 3.62. The highest BCUT2D eigenvalue weighted by molar-refractivity contribution is 5.95. The van der Waals surface area contributed by atoms with Gasteiger partial charge in [-0.1, -0.05) is 54.6 Å². The van der Waals surface area contributed by atoms with Gasteiger partial charge in [0, 0.05) is 47.7 Å². The van der Waals surface area contributed by atoms with Crippen LogP contribution < -0.4 is 5.32 Å². The molecule has 0 aliphatic heterocycles. The predicted octanol–water partition coefficient (Wildman–Crippen LogP) is 6.82. The number of pyridine rings is 1. The highest BCUT2D eigenvalue weighted by Crippen LogP contribution is 2.35. The maximum atomic E-state index is 13.5. The number of halogens is 1. The van der Waals surface area contributed by atoms with Gasteiger partial charge in [-0.3, -0.25) is 10.1 Å². The molecule has 40 heavy (non-hydrogen) atoms. The molecule has 0 fully saturated rings. The molecule has 6 nitrogen and oxygen atoms in total. The van der Waals surface area contributed by atoms with Gasteiger partial charge in [-0.25, -0.2) is 9.37 Å². The van der Waals surface area contributed by atoms with Gasteiger partial charge in [0.15, 0.2) is 5.82 Å². The Morgan fingerprint density at radius 2 is 1.62 bits per heavy atom. The smallest absolute Gasteiger partial charge is 0.159 e. The minimum Gasteiger partial charge on any atom is -0.340 e. The molecule has 1 aliphatic rings. The molecule has 6 aromatic rings. The number of allylic oxidation sites excluding steroid dienone is 1. The molecule has 0 saturated carbocycles. The zero-order valence-corrected chi connectivity index (χ0v) is 21.8. The largest absolute Gasteiger partial charge is 0.340 e. The number of aryl methyl sites for hydroxylation is 1. The number of aromatic nitrogens is 5. The summed E-state index contributed by atoms with van der Waals surface area (Å²) in [6.45, 7) is 1.54. The van der Waals surface area contributed by atoms with E-state index in [2.05, 4.69) is 74.0 Å². The molecule has 0 unspecified atom stereocenters. The van der Waals surface area contributed by atoms with Gasteiger partial charge in [-0.2, -0.15) is 5.10 Å². The van der Waals surface area contributed by atoms with E-state index >= 15 is 0 Å². The van der Waals surface area contributed by atoms with Crippen molar-refractivity contribution < 1.29 is 4.39 Å². The number of fused-ring (bicyclic) bond motifs is 2. The molecule has 7 heteroatoms. The van der Waals surface area contributed by atoms with Crippen LogP contribution in [0.2, 0.25) is 0 Å². The standard InChI is InChI=1S/C33H27FN6/c34-26-12-9-23(10-13-26)27-7-4-8-30-31(27)38-33(37-30)32-28-16-24(11-14-29(28)39-40-32)25-15-22(19-36-20-25)18-35-17-21-5-2-1-3-6-21/h1-3,5-7,9-16,19-20,35H,4,8,17-18H2,(H,37,38)(H,39,40). The first-order chi connectivity index (χ1) is 19.7. The van der Waals surface area contributed by atoms with Crippen LogP contribution in [0.5, 0.6) is 0 Å². The monoisotopic (exact) mass is 526 g/mol. The Morgan fingerprint density at radius 3 is 2.50 bits per heavy atom. The van der Waals surface area contributed by atoms with E-state index in [1.807, 2.05) is 24.5 Å². The molecule has 0 spiro atoms. The summed E-state index contributed by atoms with van der Waals surface area (Å²) in [6, 6.07) is 25.4. The highest BCUT2D eigenvalue weighted by Gasteiger charge is 2.22. The quantitative estimate of drug-likeness (QED) is 0.213. The van der Waals surface area contributed by atoms with Crippen LogP contribution in [0, 0.1) is 5.82 Å². The summed E-state index contributed by atoms with van der Waals surface area (Å²) < 4.78 is 13.5. The summed E-state index contributed by atoms with van der Waals surface area (Å²) in [5, 5.41) is 12.3. The Hall–Kier alpha value is -4.88. The molecule has 0 bridgehead atoms. The lowest BCUT2D eigenvalue weighted by Crippen LogP contribution is -2.12. The van der Waals surface area contributed by atoms with E-state index in [-0.39, 0.29) is 5.82 Å². The Balaban J connectivity index is 1.17. The first kappa shape index (κ1) is 24.2. The molecule has 7 rings (SSSR count). The van der Waals surface area contributed by atoms with Crippen molar-refractivity contribution in [1.29, 1.82) is 0 Å². The zero-order chi connectivity index (χ0) is 26.9.